The Morgan fingerprint density at radius 1 is 1.54 bits per heavy atom. The normalized spacial score (nSPS) is 29.5. The lowest BCUT2D eigenvalue weighted by atomic mass is 9.93. The number of rotatable bonds is 7. The van der Waals surface area contributed by atoms with E-state index in [9.17, 15) is 9.90 Å². The van der Waals surface area contributed by atoms with Crippen molar-refractivity contribution >= 4 is 43.8 Å². The van der Waals surface area contributed by atoms with Crippen molar-refractivity contribution in [3.8, 4) is 0 Å². The predicted octanol–water partition coefficient (Wildman–Crippen LogP) is 0.747. The lowest BCUT2D eigenvalue weighted by Gasteiger charge is -2.30. The lowest BCUT2D eigenvalue weighted by Crippen LogP contribution is -2.46. The monoisotopic (exact) mass is 381 g/mol. The molecule has 4 atom stereocenters. The van der Waals surface area contributed by atoms with E-state index < -0.39 is 38.9 Å². The van der Waals surface area contributed by atoms with Gasteiger partial charge in [0.05, 0.1) is 12.0 Å². The zero-order valence-electron chi connectivity index (χ0n) is 16.6. The number of carbonyl (C=O) groups excluding carboxylic acids is 1. The average Bonchev–Trinajstić information content (AvgIpc) is 3.09. The van der Waals surface area contributed by atoms with Crippen molar-refractivity contribution in [1.82, 2.24) is 14.5 Å². The molecule has 3 heterocycles. The van der Waals surface area contributed by atoms with E-state index in [1.165, 1.54) is 30.8 Å². The highest BCUT2D eigenvalue weighted by atomic mass is 35.5. The molecule has 0 aliphatic carbocycles. The summed E-state index contributed by atoms with van der Waals surface area (Å²) in [5.41, 5.74) is -1.01. The Hall–Kier alpha value is -1.45. The van der Waals surface area contributed by atoms with Gasteiger partial charge in [-0.15, -0.1) is 0 Å². The fourth-order valence-electron chi connectivity index (χ4n) is 3.27. The van der Waals surface area contributed by atoms with Crippen LogP contribution in [0.5, 0.6) is 0 Å². The predicted molar refractivity (Wildman–Crippen MR) is 99.3 cm³/mol. The summed E-state index contributed by atoms with van der Waals surface area (Å²) in [6, 6.07) is 0. The SMILES string of the molecule is [2H]B(C)OC[C@H]1O[C@@H](n2cc(C=O)c3c(Cl)ncnc32)C(C)(O)[C@@H]1OB([2H])C. The van der Waals surface area contributed by atoms with Crippen molar-refractivity contribution in [1.29, 1.82) is 2.67 Å². The van der Waals surface area contributed by atoms with Crippen LogP contribution in [0.2, 0.25) is 18.8 Å². The molecular weight excluding hydrogens is 359 g/mol. The number of hydrogen-bond acceptors (Lipinski definition) is 7. The van der Waals surface area contributed by atoms with Crippen molar-refractivity contribution < 1.29 is 23.9 Å². The third-order valence-corrected chi connectivity index (χ3v) is 4.69. The molecule has 1 aliphatic rings. The smallest absolute Gasteiger partial charge is 0.272 e. The molecule has 1 aliphatic heterocycles. The second-order valence-corrected chi connectivity index (χ2v) is 6.44. The third kappa shape index (κ3) is 3.16. The second-order valence-electron chi connectivity index (χ2n) is 6.09. The van der Waals surface area contributed by atoms with E-state index in [1.807, 2.05) is 0 Å². The molecule has 0 saturated carbocycles. The fraction of sp³-hybridized carbons (Fsp3) is 0.533. The van der Waals surface area contributed by atoms with Crippen LogP contribution < -0.4 is 0 Å². The van der Waals surface area contributed by atoms with Crippen LogP contribution in [0.25, 0.3) is 11.0 Å². The quantitative estimate of drug-likeness (QED) is 0.429. The minimum absolute atomic E-state index is 0.00974. The van der Waals surface area contributed by atoms with Crippen LogP contribution in [0, 0.1) is 0 Å². The van der Waals surface area contributed by atoms with Gasteiger partial charge in [-0.05, 0) is 6.92 Å². The number of aliphatic hydroxyl groups is 1. The van der Waals surface area contributed by atoms with Crippen LogP contribution in [0.4, 0.5) is 0 Å². The van der Waals surface area contributed by atoms with E-state index in [4.69, 9.17) is 28.3 Å². The van der Waals surface area contributed by atoms with Gasteiger partial charge < -0.3 is 23.7 Å². The van der Waals surface area contributed by atoms with E-state index in [2.05, 4.69) is 9.97 Å². The van der Waals surface area contributed by atoms with Crippen molar-refractivity contribution in [2.45, 2.75) is 44.6 Å². The third-order valence-electron chi connectivity index (χ3n) is 4.40. The van der Waals surface area contributed by atoms with Gasteiger partial charge in [-0.2, -0.15) is 0 Å². The molecule has 138 valence electrons. The van der Waals surface area contributed by atoms with Crippen LogP contribution in [-0.2, 0) is 14.0 Å². The molecule has 1 unspecified atom stereocenters. The number of hydrogen-bond donors (Lipinski definition) is 1. The van der Waals surface area contributed by atoms with E-state index in [-0.39, 0.29) is 17.3 Å². The highest BCUT2D eigenvalue weighted by Gasteiger charge is 2.54. The zero-order valence-corrected chi connectivity index (χ0v) is 15.4. The number of ether oxygens (including phenoxy) is 1. The van der Waals surface area contributed by atoms with E-state index in [0.29, 0.717) is 17.3 Å². The van der Waals surface area contributed by atoms with Gasteiger partial charge in [-0.1, -0.05) is 25.2 Å². The van der Waals surface area contributed by atoms with Gasteiger partial charge in [-0.25, -0.2) is 9.97 Å². The molecule has 26 heavy (non-hydrogen) atoms. The Balaban J connectivity index is 2.05. The topological polar surface area (TPSA) is 95.7 Å². The summed E-state index contributed by atoms with van der Waals surface area (Å²) in [5, 5.41) is 11.7. The molecule has 1 saturated heterocycles. The van der Waals surface area contributed by atoms with Gasteiger partial charge in [0.25, 0.3) is 14.9 Å². The Labute approximate surface area is 160 Å². The first-order valence-electron chi connectivity index (χ1n) is 9.27. The van der Waals surface area contributed by atoms with Crippen LogP contribution in [0.1, 0.15) is 23.5 Å². The summed E-state index contributed by atoms with van der Waals surface area (Å²) in [4.78, 5) is 19.6. The number of carbonyl (C=O) groups is 1. The first-order chi connectivity index (χ1) is 13.2. The van der Waals surface area contributed by atoms with E-state index in [1.54, 1.807) is 6.82 Å². The minimum atomic E-state index is -1.59. The van der Waals surface area contributed by atoms with Crippen LogP contribution in [-0.4, -0.2) is 67.9 Å². The first kappa shape index (κ1) is 16.7. The van der Waals surface area contributed by atoms with Gasteiger partial charge >= 0.3 is 0 Å². The standard InChI is InChI=1S/C15H20B2ClN3O5/c1-15(23)11(26-17-3)9(6-24-16-2)25-14(15)21-4-8(5-22)10-12(18)19-7-20-13(10)21/h4-5,7,9,11,14,16-17,23H,6H2,1-3H3/t9-,11-,14-,15?/m1/s1/i16D,17D. The van der Waals surface area contributed by atoms with Crippen LogP contribution in [0.15, 0.2) is 12.5 Å². The first-order valence-corrected chi connectivity index (χ1v) is 8.50. The zero-order chi connectivity index (χ0) is 20.6. The number of aromatic nitrogens is 3. The molecule has 2 aromatic heterocycles. The Bertz CT molecular complexity index is 870. The van der Waals surface area contributed by atoms with Crippen molar-refractivity contribution in [2.24, 2.45) is 0 Å². The van der Waals surface area contributed by atoms with E-state index in [0.717, 1.165) is 0 Å². The van der Waals surface area contributed by atoms with E-state index >= 15 is 0 Å². The molecule has 0 radical (unpaired) electrons. The molecule has 8 nitrogen and oxygen atoms in total. The highest BCUT2D eigenvalue weighted by Crippen LogP contribution is 2.42. The van der Waals surface area contributed by atoms with Crippen molar-refractivity contribution in [3.63, 3.8) is 0 Å². The maximum atomic E-state index is 11.5. The molecule has 1 fully saturated rings. The maximum absolute atomic E-state index is 11.5. The van der Waals surface area contributed by atoms with Gasteiger partial charge in [0.2, 0.25) is 0 Å². The molecule has 0 amide bonds. The van der Waals surface area contributed by atoms with Gasteiger partial charge in [0.15, 0.2) is 12.5 Å². The Morgan fingerprint density at radius 2 is 2.31 bits per heavy atom. The van der Waals surface area contributed by atoms with Crippen LogP contribution >= 0.6 is 11.6 Å². The fourth-order valence-corrected chi connectivity index (χ4v) is 3.51. The largest absolute Gasteiger partial charge is 0.437 e. The summed E-state index contributed by atoms with van der Waals surface area (Å²) in [6.07, 6.45) is 0.720. The van der Waals surface area contributed by atoms with Gasteiger partial charge in [0, 0.05) is 14.4 Å². The molecular formula is C15H20B2ClN3O5. The molecule has 11 heteroatoms. The summed E-state index contributed by atoms with van der Waals surface area (Å²) in [6.45, 7) is 4.59. The summed E-state index contributed by atoms with van der Waals surface area (Å²) >= 11 is 6.13. The molecule has 1 N–H and O–H groups in total. The summed E-state index contributed by atoms with van der Waals surface area (Å²) in [7, 11) is -1.71. The number of aldehydes is 1. The summed E-state index contributed by atoms with van der Waals surface area (Å²) in [5.74, 6) is 0. The Kier molecular flexibility index (Phi) is 4.92. The second kappa shape index (κ2) is 7.66. The number of nitrogens with zero attached hydrogens (tertiary/aromatic N) is 3. The average molecular weight is 381 g/mol. The molecule has 0 aromatic carbocycles. The highest BCUT2D eigenvalue weighted by molar-refractivity contribution is 6.35. The molecule has 3 rings (SSSR count). The maximum Gasteiger partial charge on any atom is 0.272 e. The lowest BCUT2D eigenvalue weighted by molar-refractivity contribution is -0.0915. The van der Waals surface area contributed by atoms with Gasteiger partial charge in [-0.3, -0.25) is 4.79 Å². The van der Waals surface area contributed by atoms with Crippen LogP contribution in [0.3, 0.4) is 0 Å². The Morgan fingerprint density at radius 3 is 2.96 bits per heavy atom. The molecule has 0 bridgehead atoms. The molecule has 0 spiro atoms. The minimum Gasteiger partial charge on any atom is -0.437 e. The summed E-state index contributed by atoms with van der Waals surface area (Å²) < 4.78 is 33.7. The van der Waals surface area contributed by atoms with Crippen molar-refractivity contribution in [3.05, 3.63) is 23.2 Å². The number of halogens is 1. The molecule has 2 aromatic rings. The van der Waals surface area contributed by atoms with Gasteiger partial charge in [0.1, 0.15) is 34.9 Å². The van der Waals surface area contributed by atoms with Crippen molar-refractivity contribution in [2.75, 3.05) is 6.61 Å². The number of fused-ring (bicyclic) bond motifs is 1.